The van der Waals surface area contributed by atoms with Crippen LogP contribution in [0.25, 0.3) is 0 Å². The van der Waals surface area contributed by atoms with Crippen molar-refractivity contribution in [1.82, 2.24) is 0 Å². The second-order valence-corrected chi connectivity index (χ2v) is 8.44. The molecule has 0 aromatic heterocycles. The van der Waals surface area contributed by atoms with Crippen molar-refractivity contribution in [2.45, 2.75) is 26.1 Å². The first-order chi connectivity index (χ1) is 7.52. The van der Waals surface area contributed by atoms with Gasteiger partial charge in [0.1, 0.15) is 0 Å². The maximum Gasteiger partial charge on any atom is 0.163 e. The van der Waals surface area contributed by atoms with Gasteiger partial charge in [0.05, 0.1) is 6.10 Å². The molecule has 0 spiro atoms. The predicted octanol–water partition coefficient (Wildman–Crippen LogP) is 2.08. The molecule has 0 unspecified atom stereocenters. The summed E-state index contributed by atoms with van der Waals surface area (Å²) in [4.78, 5) is 0. The third kappa shape index (κ3) is 4.06. The topological polar surface area (TPSA) is 20.2 Å². The number of hydrogen-bond donors (Lipinski definition) is 1. The van der Waals surface area contributed by atoms with Gasteiger partial charge in [0.25, 0.3) is 0 Å². The summed E-state index contributed by atoms with van der Waals surface area (Å²) in [6.07, 6.45) is 3.01. The average molecular weight is 230 g/mol. The van der Waals surface area contributed by atoms with Gasteiger partial charge in [-0.15, -0.1) is 5.54 Å². The molecule has 1 atom stereocenters. The van der Waals surface area contributed by atoms with Crippen LogP contribution in [0.15, 0.2) is 42.5 Å². The lowest BCUT2D eigenvalue weighted by Gasteiger charge is -2.14. The summed E-state index contributed by atoms with van der Waals surface area (Å²) in [6, 6.07) is 10.4. The Labute approximate surface area is 98.8 Å². The van der Waals surface area contributed by atoms with Crippen molar-refractivity contribution in [2.24, 2.45) is 0 Å². The Hall–Kier alpha value is -1.30. The van der Waals surface area contributed by atoms with Crippen LogP contribution in [0.1, 0.15) is 6.92 Å². The number of hydrogen-bond acceptors (Lipinski definition) is 1. The molecule has 1 N–H and O–H groups in total. The van der Waals surface area contributed by atoms with Crippen LogP contribution < -0.4 is 5.19 Å². The summed E-state index contributed by atoms with van der Waals surface area (Å²) < 4.78 is 0. The van der Waals surface area contributed by atoms with Gasteiger partial charge in [0.2, 0.25) is 0 Å². The van der Waals surface area contributed by atoms with Gasteiger partial charge in [-0.3, -0.25) is 0 Å². The molecule has 2 heteroatoms. The van der Waals surface area contributed by atoms with E-state index in [9.17, 15) is 0 Å². The van der Waals surface area contributed by atoms with Gasteiger partial charge in [0, 0.05) is 0 Å². The average Bonchev–Trinajstić information content (AvgIpc) is 2.26. The van der Waals surface area contributed by atoms with Crippen molar-refractivity contribution in [1.29, 1.82) is 0 Å². The van der Waals surface area contributed by atoms with Crippen molar-refractivity contribution in [3.05, 3.63) is 42.5 Å². The van der Waals surface area contributed by atoms with E-state index in [1.165, 1.54) is 5.19 Å². The highest BCUT2D eigenvalue weighted by Gasteiger charge is 2.19. The molecule has 0 radical (unpaired) electrons. The fourth-order valence-electron chi connectivity index (χ4n) is 1.34. The van der Waals surface area contributed by atoms with Crippen molar-refractivity contribution >= 4 is 13.3 Å². The molecule has 0 fully saturated rings. The number of aliphatic hydroxyl groups excluding tert-OH is 1. The van der Waals surface area contributed by atoms with Gasteiger partial charge in [0.15, 0.2) is 8.07 Å². The first-order valence-electron chi connectivity index (χ1n) is 5.45. The third-order valence-corrected chi connectivity index (χ3v) is 4.88. The van der Waals surface area contributed by atoms with E-state index in [4.69, 9.17) is 5.11 Å². The van der Waals surface area contributed by atoms with Crippen LogP contribution in [-0.4, -0.2) is 19.3 Å². The summed E-state index contributed by atoms with van der Waals surface area (Å²) >= 11 is 0. The van der Waals surface area contributed by atoms with E-state index in [0.29, 0.717) is 0 Å². The lowest BCUT2D eigenvalue weighted by Crippen LogP contribution is -2.39. The lowest BCUT2D eigenvalue weighted by atomic mass is 10.4. The molecule has 0 saturated carbocycles. The normalized spacial score (nSPS) is 13.2. The van der Waals surface area contributed by atoms with Gasteiger partial charge in [-0.25, -0.2) is 0 Å². The molecular weight excluding hydrogens is 212 g/mol. The zero-order chi connectivity index (χ0) is 12.0. The van der Waals surface area contributed by atoms with Crippen LogP contribution in [0.2, 0.25) is 13.1 Å². The molecule has 84 valence electrons. The zero-order valence-electron chi connectivity index (χ0n) is 10.1. The highest BCUT2D eigenvalue weighted by Crippen LogP contribution is 2.01. The van der Waals surface area contributed by atoms with Crippen molar-refractivity contribution in [3.63, 3.8) is 0 Å². The minimum atomic E-state index is -1.65. The third-order valence-electron chi connectivity index (χ3n) is 2.34. The van der Waals surface area contributed by atoms with E-state index < -0.39 is 14.2 Å². The van der Waals surface area contributed by atoms with E-state index >= 15 is 0 Å². The molecule has 0 saturated heterocycles. The van der Waals surface area contributed by atoms with Crippen LogP contribution in [0.5, 0.6) is 0 Å². The number of rotatable bonds is 2. The number of aliphatic hydroxyl groups is 1. The quantitative estimate of drug-likeness (QED) is 0.609. The first-order valence-corrected chi connectivity index (χ1v) is 8.45. The molecule has 1 rings (SSSR count). The maximum absolute atomic E-state index is 9.06. The monoisotopic (exact) mass is 230 g/mol. The molecular formula is C14H18OSi. The van der Waals surface area contributed by atoms with Gasteiger partial charge in [-0.2, -0.15) is 0 Å². The van der Waals surface area contributed by atoms with Gasteiger partial charge >= 0.3 is 0 Å². The molecule has 1 aromatic carbocycles. The van der Waals surface area contributed by atoms with E-state index in [2.05, 4.69) is 48.8 Å². The Balaban J connectivity index is 2.80. The summed E-state index contributed by atoms with van der Waals surface area (Å²) in [6.45, 7) is 6.18. The van der Waals surface area contributed by atoms with Crippen LogP contribution >= 0.6 is 0 Å². The molecule has 0 amide bonds. The summed E-state index contributed by atoms with van der Waals surface area (Å²) in [5.74, 6) is 3.03. The smallest absolute Gasteiger partial charge is 0.163 e. The molecule has 0 heterocycles. The van der Waals surface area contributed by atoms with Crippen LogP contribution in [0, 0.1) is 11.5 Å². The largest absolute Gasteiger partial charge is 0.389 e. The predicted molar refractivity (Wildman–Crippen MR) is 72.2 cm³/mol. The van der Waals surface area contributed by atoms with Gasteiger partial charge in [-0.05, 0) is 24.3 Å². The first kappa shape index (κ1) is 12.8. The van der Waals surface area contributed by atoms with E-state index in [1.54, 1.807) is 19.1 Å². The standard InChI is InChI=1S/C14H18OSi/c1-13(15)9-7-8-12-16(2,3)14-10-5-4-6-11-14/h4-7,9-11,13,15H,1-3H3/b9-7+/t13-/m1/s1. The van der Waals surface area contributed by atoms with Crippen LogP contribution in [0.3, 0.4) is 0 Å². The molecule has 1 aromatic rings. The molecule has 0 aliphatic rings. The number of allylic oxidation sites excluding steroid dienone is 1. The van der Waals surface area contributed by atoms with E-state index in [0.717, 1.165) is 0 Å². The van der Waals surface area contributed by atoms with E-state index in [-0.39, 0.29) is 0 Å². The van der Waals surface area contributed by atoms with Crippen LogP contribution in [-0.2, 0) is 0 Å². The summed E-state index contributed by atoms with van der Waals surface area (Å²) in [7, 11) is -1.65. The maximum atomic E-state index is 9.06. The SMILES string of the molecule is C[C@@H](O)/C=C/C#C[Si](C)(C)c1ccccc1. The number of benzene rings is 1. The zero-order valence-corrected chi connectivity index (χ0v) is 11.1. The lowest BCUT2D eigenvalue weighted by molar-refractivity contribution is 0.244. The Morgan fingerprint density at radius 1 is 1.25 bits per heavy atom. The minimum Gasteiger partial charge on any atom is -0.389 e. The van der Waals surface area contributed by atoms with Gasteiger partial charge in [-0.1, -0.05) is 49.3 Å². The fraction of sp³-hybridized carbons (Fsp3) is 0.286. The second kappa shape index (κ2) is 5.69. The van der Waals surface area contributed by atoms with Gasteiger partial charge < -0.3 is 5.11 Å². The summed E-state index contributed by atoms with van der Waals surface area (Å²) in [5.41, 5.74) is 3.32. The minimum absolute atomic E-state index is 0.421. The molecule has 16 heavy (non-hydrogen) atoms. The second-order valence-electron chi connectivity index (χ2n) is 4.36. The highest BCUT2D eigenvalue weighted by molar-refractivity contribution is 6.96. The van der Waals surface area contributed by atoms with Crippen molar-refractivity contribution in [2.75, 3.05) is 0 Å². The Morgan fingerprint density at radius 2 is 1.88 bits per heavy atom. The van der Waals surface area contributed by atoms with E-state index in [1.807, 2.05) is 6.07 Å². The Kier molecular flexibility index (Phi) is 4.54. The molecule has 1 nitrogen and oxygen atoms in total. The Bertz CT molecular complexity index is 407. The molecule has 0 aliphatic heterocycles. The van der Waals surface area contributed by atoms with Crippen molar-refractivity contribution in [3.8, 4) is 11.5 Å². The summed E-state index contributed by atoms with van der Waals surface area (Å²) in [5, 5.41) is 10.4. The van der Waals surface area contributed by atoms with Crippen molar-refractivity contribution < 1.29 is 5.11 Å². The Morgan fingerprint density at radius 3 is 2.44 bits per heavy atom. The molecule has 0 aliphatic carbocycles. The molecule has 0 bridgehead atoms. The highest BCUT2D eigenvalue weighted by atomic mass is 28.3. The fourth-order valence-corrected chi connectivity index (χ4v) is 2.95. The van der Waals surface area contributed by atoms with Crippen LogP contribution in [0.4, 0.5) is 0 Å².